The van der Waals surface area contributed by atoms with E-state index in [1.807, 2.05) is 0 Å². The van der Waals surface area contributed by atoms with Crippen LogP contribution in [0.1, 0.15) is 226 Å². The summed E-state index contributed by atoms with van der Waals surface area (Å²) in [5.74, 6) is -1.01. The lowest BCUT2D eigenvalue weighted by Gasteiger charge is -2.27. The van der Waals surface area contributed by atoms with Gasteiger partial charge in [-0.15, -0.1) is 0 Å². The number of aliphatic carboxylic acids is 1. The molecule has 0 saturated carbocycles. The van der Waals surface area contributed by atoms with Crippen molar-refractivity contribution in [2.24, 2.45) is 0 Å². The zero-order valence-corrected chi connectivity index (χ0v) is 29.5. The van der Waals surface area contributed by atoms with Gasteiger partial charge in [0.05, 0.1) is 6.61 Å². The second-order valence-electron chi connectivity index (χ2n) is 13.7. The van der Waals surface area contributed by atoms with Gasteiger partial charge in [0, 0.05) is 6.61 Å². The Kier molecular flexibility index (Phi) is 33.8. The number of hydrogen-bond donors (Lipinski definition) is 2. The summed E-state index contributed by atoms with van der Waals surface area (Å²) in [6, 6.07) is 0. The van der Waals surface area contributed by atoms with Gasteiger partial charge in [0.25, 0.3) is 0 Å². The Hall–Kier alpha value is -0.610. The first-order chi connectivity index (χ1) is 21.1. The number of aliphatic hydroxyl groups is 1. The topological polar surface area (TPSA) is 66.8 Å². The lowest BCUT2D eigenvalue weighted by molar-refractivity contribution is -0.173. The number of hydrogen-bond acceptors (Lipinski definition) is 3. The lowest BCUT2D eigenvalue weighted by atomic mass is 9.95. The molecule has 0 aliphatic heterocycles. The molecule has 0 radical (unpaired) electrons. The van der Waals surface area contributed by atoms with E-state index in [9.17, 15) is 15.0 Å². The van der Waals surface area contributed by atoms with Crippen molar-refractivity contribution in [3.05, 3.63) is 0 Å². The van der Waals surface area contributed by atoms with Gasteiger partial charge in [-0.05, 0) is 19.3 Å². The Labute approximate surface area is 269 Å². The highest BCUT2D eigenvalue weighted by molar-refractivity contribution is 5.77. The van der Waals surface area contributed by atoms with E-state index in [0.717, 1.165) is 32.1 Å². The van der Waals surface area contributed by atoms with Crippen molar-refractivity contribution in [1.29, 1.82) is 0 Å². The molecule has 258 valence electrons. The van der Waals surface area contributed by atoms with E-state index in [0.29, 0.717) is 13.0 Å². The van der Waals surface area contributed by atoms with Crippen LogP contribution in [-0.2, 0) is 9.53 Å². The Balaban J connectivity index is 3.62. The van der Waals surface area contributed by atoms with E-state index < -0.39 is 18.2 Å². The minimum absolute atomic E-state index is 0.413. The average molecular weight is 611 g/mol. The highest BCUT2D eigenvalue weighted by atomic mass is 16.5. The molecule has 0 aromatic carbocycles. The third-order valence-corrected chi connectivity index (χ3v) is 9.46. The third-order valence-electron chi connectivity index (χ3n) is 9.46. The zero-order valence-electron chi connectivity index (χ0n) is 29.5. The van der Waals surface area contributed by atoms with E-state index in [4.69, 9.17) is 4.74 Å². The zero-order chi connectivity index (χ0) is 31.5. The molecule has 0 heterocycles. The van der Waals surface area contributed by atoms with Crippen LogP contribution in [0.25, 0.3) is 0 Å². The molecular weight excluding hydrogens is 532 g/mol. The van der Waals surface area contributed by atoms with E-state index in [2.05, 4.69) is 13.8 Å². The van der Waals surface area contributed by atoms with E-state index in [1.54, 1.807) is 0 Å². The molecule has 4 heteroatoms. The summed E-state index contributed by atoms with van der Waals surface area (Å²) in [4.78, 5) is 12.0. The molecule has 0 bridgehead atoms. The largest absolute Gasteiger partial charge is 0.479 e. The molecule has 0 aliphatic carbocycles. The molecule has 1 unspecified atom stereocenters. The summed E-state index contributed by atoms with van der Waals surface area (Å²) in [6.45, 7) is 4.56. The fourth-order valence-corrected chi connectivity index (χ4v) is 6.31. The molecule has 4 nitrogen and oxygen atoms in total. The Bertz CT molecular complexity index is 551. The molecule has 0 fully saturated rings. The first kappa shape index (κ1) is 42.4. The van der Waals surface area contributed by atoms with Gasteiger partial charge in [-0.25, -0.2) is 4.79 Å². The molecule has 0 spiro atoms. The monoisotopic (exact) mass is 611 g/mol. The molecule has 0 aromatic heterocycles. The number of carbonyl (C=O) groups is 1. The van der Waals surface area contributed by atoms with Crippen LogP contribution in [0.2, 0.25) is 0 Å². The number of aliphatic hydroxyl groups excluding tert-OH is 1. The molecule has 2 N–H and O–H groups in total. The predicted octanol–water partition coefficient (Wildman–Crippen LogP) is 12.7. The Morgan fingerprint density at radius 3 is 0.953 bits per heavy atom. The standard InChI is InChI=1S/C39H78O4/c1-3-5-7-9-11-13-15-17-19-21-23-25-27-29-31-33-35-39(37-40,38(41)42)43-36-34-32-30-28-26-24-22-20-18-16-14-12-10-8-6-4-2/h40H,3-37H2,1-2H3,(H,41,42). The quantitative estimate of drug-likeness (QED) is 0.0687. The normalized spacial score (nSPS) is 13.0. The van der Waals surface area contributed by atoms with Gasteiger partial charge >= 0.3 is 5.97 Å². The van der Waals surface area contributed by atoms with Crippen molar-refractivity contribution in [3.8, 4) is 0 Å². The molecule has 0 aliphatic rings. The first-order valence-corrected chi connectivity index (χ1v) is 19.6. The van der Waals surface area contributed by atoms with Gasteiger partial charge in [0.15, 0.2) is 5.60 Å². The van der Waals surface area contributed by atoms with Crippen molar-refractivity contribution in [1.82, 2.24) is 0 Å². The Morgan fingerprint density at radius 2 is 0.698 bits per heavy atom. The second kappa shape index (κ2) is 34.3. The van der Waals surface area contributed by atoms with Crippen molar-refractivity contribution in [3.63, 3.8) is 0 Å². The number of carboxylic acids is 1. The van der Waals surface area contributed by atoms with Crippen LogP contribution < -0.4 is 0 Å². The van der Waals surface area contributed by atoms with Gasteiger partial charge in [0.2, 0.25) is 0 Å². The van der Waals surface area contributed by atoms with E-state index >= 15 is 0 Å². The highest BCUT2D eigenvalue weighted by Crippen LogP contribution is 2.23. The minimum atomic E-state index is -1.41. The number of ether oxygens (including phenoxy) is 1. The fourth-order valence-electron chi connectivity index (χ4n) is 6.31. The maximum atomic E-state index is 12.0. The predicted molar refractivity (Wildman–Crippen MR) is 187 cm³/mol. The van der Waals surface area contributed by atoms with E-state index in [-0.39, 0.29) is 0 Å². The molecule has 0 rings (SSSR count). The van der Waals surface area contributed by atoms with Crippen LogP contribution in [0.5, 0.6) is 0 Å². The molecule has 0 saturated heterocycles. The van der Waals surface area contributed by atoms with Crippen molar-refractivity contribution < 1.29 is 19.7 Å². The van der Waals surface area contributed by atoms with Crippen LogP contribution in [-0.4, -0.2) is 35.0 Å². The number of rotatable bonds is 37. The van der Waals surface area contributed by atoms with Gasteiger partial charge in [0.1, 0.15) is 0 Å². The van der Waals surface area contributed by atoms with Crippen LogP contribution >= 0.6 is 0 Å². The van der Waals surface area contributed by atoms with Crippen molar-refractivity contribution in [2.45, 2.75) is 231 Å². The number of unbranched alkanes of at least 4 members (excludes halogenated alkanes) is 30. The molecule has 1 atom stereocenters. The second-order valence-corrected chi connectivity index (χ2v) is 13.7. The lowest BCUT2D eigenvalue weighted by Crippen LogP contribution is -2.45. The van der Waals surface area contributed by atoms with Crippen LogP contribution in [0.3, 0.4) is 0 Å². The summed E-state index contributed by atoms with van der Waals surface area (Å²) in [7, 11) is 0. The molecule has 0 aromatic rings. The minimum Gasteiger partial charge on any atom is -0.479 e. The summed E-state index contributed by atoms with van der Waals surface area (Å²) < 4.78 is 5.83. The van der Waals surface area contributed by atoms with Crippen LogP contribution in [0, 0.1) is 0 Å². The Morgan fingerprint density at radius 1 is 0.442 bits per heavy atom. The van der Waals surface area contributed by atoms with Crippen LogP contribution in [0.4, 0.5) is 0 Å². The van der Waals surface area contributed by atoms with E-state index in [1.165, 1.54) is 173 Å². The third kappa shape index (κ3) is 28.6. The SMILES string of the molecule is CCCCCCCCCCCCCCCCCCOC(CO)(CCCCCCCCCCCCCCCCCC)C(=O)O. The van der Waals surface area contributed by atoms with Gasteiger partial charge in [-0.3, -0.25) is 0 Å². The summed E-state index contributed by atoms with van der Waals surface area (Å²) in [5, 5.41) is 19.7. The summed E-state index contributed by atoms with van der Waals surface area (Å²) >= 11 is 0. The maximum Gasteiger partial charge on any atom is 0.338 e. The summed E-state index contributed by atoms with van der Waals surface area (Å²) in [6.07, 6.45) is 42.3. The van der Waals surface area contributed by atoms with Crippen LogP contribution in [0.15, 0.2) is 0 Å². The van der Waals surface area contributed by atoms with Gasteiger partial charge in [-0.2, -0.15) is 0 Å². The highest BCUT2D eigenvalue weighted by Gasteiger charge is 2.38. The average Bonchev–Trinajstić information content (AvgIpc) is 3.01. The molecule has 0 amide bonds. The van der Waals surface area contributed by atoms with Crippen molar-refractivity contribution in [2.75, 3.05) is 13.2 Å². The summed E-state index contributed by atoms with van der Waals surface area (Å²) in [5.41, 5.74) is -1.41. The fraction of sp³-hybridized carbons (Fsp3) is 0.974. The smallest absolute Gasteiger partial charge is 0.338 e. The number of carboxylic acid groups (broad SMARTS) is 1. The first-order valence-electron chi connectivity index (χ1n) is 19.6. The van der Waals surface area contributed by atoms with Gasteiger partial charge in [-0.1, -0.05) is 206 Å². The van der Waals surface area contributed by atoms with Crippen molar-refractivity contribution >= 4 is 5.97 Å². The molecule has 43 heavy (non-hydrogen) atoms. The molecular formula is C39H78O4. The maximum absolute atomic E-state index is 12.0. The van der Waals surface area contributed by atoms with Gasteiger partial charge < -0.3 is 14.9 Å².